The van der Waals surface area contributed by atoms with Gasteiger partial charge in [0.1, 0.15) is 6.07 Å². The summed E-state index contributed by atoms with van der Waals surface area (Å²) in [6.45, 7) is 2.81. The quantitative estimate of drug-likeness (QED) is 0.815. The number of rotatable bonds is 3. The number of hydrogen-bond acceptors (Lipinski definition) is 2. The predicted molar refractivity (Wildman–Crippen MR) is 74.4 cm³/mol. The van der Waals surface area contributed by atoms with Crippen molar-refractivity contribution in [3.63, 3.8) is 0 Å². The lowest BCUT2D eigenvalue weighted by Gasteiger charge is -2.20. The summed E-state index contributed by atoms with van der Waals surface area (Å²) in [5, 5.41) is 9.18. The minimum atomic E-state index is 0.730. The Morgan fingerprint density at radius 1 is 1.11 bits per heavy atom. The monoisotopic (exact) mass is 236 g/mol. The highest BCUT2D eigenvalue weighted by Crippen LogP contribution is 2.21. The van der Waals surface area contributed by atoms with Gasteiger partial charge in [0.15, 0.2) is 0 Å². The molecule has 18 heavy (non-hydrogen) atoms. The molecule has 0 fully saturated rings. The number of benzene rings is 2. The summed E-state index contributed by atoms with van der Waals surface area (Å²) in [4.78, 5) is 2.10. The first-order valence-electron chi connectivity index (χ1n) is 5.96. The van der Waals surface area contributed by atoms with Crippen LogP contribution in [0.4, 0.5) is 5.69 Å². The van der Waals surface area contributed by atoms with Crippen molar-refractivity contribution in [2.75, 3.05) is 11.9 Å². The van der Waals surface area contributed by atoms with E-state index in [0.717, 1.165) is 23.4 Å². The van der Waals surface area contributed by atoms with E-state index in [2.05, 4.69) is 23.1 Å². The molecule has 2 heteroatoms. The first-order valence-corrected chi connectivity index (χ1v) is 5.96. The molecule has 0 amide bonds. The fraction of sp³-hybridized carbons (Fsp3) is 0.188. The van der Waals surface area contributed by atoms with Gasteiger partial charge in [-0.2, -0.15) is 5.26 Å². The molecule has 0 unspecified atom stereocenters. The van der Waals surface area contributed by atoms with E-state index in [1.54, 1.807) is 0 Å². The van der Waals surface area contributed by atoms with Crippen LogP contribution in [-0.4, -0.2) is 7.05 Å². The highest BCUT2D eigenvalue weighted by Gasteiger charge is 2.07. The lowest BCUT2D eigenvalue weighted by Crippen LogP contribution is -2.17. The van der Waals surface area contributed by atoms with Crippen molar-refractivity contribution >= 4 is 5.69 Å². The highest BCUT2D eigenvalue weighted by molar-refractivity contribution is 5.60. The maximum atomic E-state index is 9.18. The minimum absolute atomic E-state index is 0.730. The van der Waals surface area contributed by atoms with Crippen molar-refractivity contribution in [2.24, 2.45) is 0 Å². The molecule has 2 aromatic carbocycles. The van der Waals surface area contributed by atoms with Gasteiger partial charge in [-0.15, -0.1) is 0 Å². The van der Waals surface area contributed by atoms with Crippen molar-refractivity contribution < 1.29 is 0 Å². The molecule has 0 heterocycles. The van der Waals surface area contributed by atoms with Gasteiger partial charge in [0.25, 0.3) is 0 Å². The molecule has 0 aliphatic heterocycles. The smallest absolute Gasteiger partial charge is 0.101 e. The van der Waals surface area contributed by atoms with Gasteiger partial charge < -0.3 is 4.90 Å². The van der Waals surface area contributed by atoms with E-state index >= 15 is 0 Å². The van der Waals surface area contributed by atoms with Crippen LogP contribution in [0.2, 0.25) is 0 Å². The van der Waals surface area contributed by atoms with Crippen molar-refractivity contribution in [3.8, 4) is 6.07 Å². The van der Waals surface area contributed by atoms with Crippen LogP contribution < -0.4 is 4.90 Å². The number of nitriles is 1. The van der Waals surface area contributed by atoms with Crippen molar-refractivity contribution in [1.82, 2.24) is 0 Å². The van der Waals surface area contributed by atoms with Gasteiger partial charge in [0, 0.05) is 13.6 Å². The van der Waals surface area contributed by atoms with Crippen molar-refractivity contribution in [3.05, 3.63) is 65.2 Å². The maximum absolute atomic E-state index is 9.18. The third kappa shape index (κ3) is 2.70. The Labute approximate surface area is 108 Å². The first-order chi connectivity index (χ1) is 8.70. The van der Waals surface area contributed by atoms with Crippen LogP contribution in [0.5, 0.6) is 0 Å². The lowest BCUT2D eigenvalue weighted by atomic mass is 10.1. The first kappa shape index (κ1) is 12.2. The second kappa shape index (κ2) is 5.37. The molecule has 0 N–H and O–H groups in total. The van der Waals surface area contributed by atoms with E-state index in [1.165, 1.54) is 5.56 Å². The fourth-order valence-corrected chi connectivity index (χ4v) is 2.01. The standard InChI is InChI=1S/C16H16N2/c1-13-8-9-16(15(10-13)11-17)18(2)12-14-6-4-3-5-7-14/h3-10H,12H2,1-2H3. The number of nitrogens with zero attached hydrogens (tertiary/aromatic N) is 2. The Bertz CT molecular complexity index is 567. The number of aryl methyl sites for hydroxylation is 1. The second-order valence-corrected chi connectivity index (χ2v) is 4.47. The molecule has 90 valence electrons. The zero-order valence-electron chi connectivity index (χ0n) is 10.7. The van der Waals surface area contributed by atoms with E-state index in [9.17, 15) is 5.26 Å². The molecule has 2 nitrogen and oxygen atoms in total. The van der Waals surface area contributed by atoms with E-state index in [-0.39, 0.29) is 0 Å². The lowest BCUT2D eigenvalue weighted by molar-refractivity contribution is 0.920. The third-order valence-corrected chi connectivity index (χ3v) is 2.95. The van der Waals surface area contributed by atoms with Crippen LogP contribution in [-0.2, 0) is 6.54 Å². The average Bonchev–Trinajstić information content (AvgIpc) is 2.39. The largest absolute Gasteiger partial charge is 0.369 e. The van der Waals surface area contributed by atoms with Gasteiger partial charge in [0.2, 0.25) is 0 Å². The molecule has 0 spiro atoms. The normalized spacial score (nSPS) is 9.83. The fourth-order valence-electron chi connectivity index (χ4n) is 2.01. The van der Waals surface area contributed by atoms with Crippen LogP contribution in [0.25, 0.3) is 0 Å². The summed E-state index contributed by atoms with van der Waals surface area (Å²) in [5.41, 5.74) is 4.06. The van der Waals surface area contributed by atoms with Gasteiger partial charge in [-0.1, -0.05) is 36.4 Å². The third-order valence-electron chi connectivity index (χ3n) is 2.95. The van der Waals surface area contributed by atoms with Crippen LogP contribution in [0.3, 0.4) is 0 Å². The van der Waals surface area contributed by atoms with E-state index in [0.29, 0.717) is 0 Å². The molecule has 2 rings (SSSR count). The Kier molecular flexibility index (Phi) is 3.64. The molecule has 0 radical (unpaired) electrons. The summed E-state index contributed by atoms with van der Waals surface area (Å²) >= 11 is 0. The Hall–Kier alpha value is -2.27. The summed E-state index contributed by atoms with van der Waals surface area (Å²) in [5.74, 6) is 0. The number of hydrogen-bond donors (Lipinski definition) is 0. The molecule has 0 aliphatic rings. The van der Waals surface area contributed by atoms with Crippen molar-refractivity contribution in [1.29, 1.82) is 5.26 Å². The predicted octanol–water partition coefficient (Wildman–Crippen LogP) is 3.50. The molecule has 0 bridgehead atoms. The van der Waals surface area contributed by atoms with Gasteiger partial charge >= 0.3 is 0 Å². The number of anilines is 1. The zero-order chi connectivity index (χ0) is 13.0. The van der Waals surface area contributed by atoms with Crippen LogP contribution in [0, 0.1) is 18.3 Å². The maximum Gasteiger partial charge on any atom is 0.101 e. The van der Waals surface area contributed by atoms with E-state index in [4.69, 9.17) is 0 Å². The SMILES string of the molecule is Cc1ccc(N(C)Cc2ccccc2)c(C#N)c1. The topological polar surface area (TPSA) is 27.0 Å². The molecule has 0 aromatic heterocycles. The van der Waals surface area contributed by atoms with Gasteiger partial charge in [-0.25, -0.2) is 0 Å². The minimum Gasteiger partial charge on any atom is -0.369 e. The Morgan fingerprint density at radius 3 is 2.50 bits per heavy atom. The molecular formula is C16H16N2. The summed E-state index contributed by atoms with van der Waals surface area (Å²) in [6.07, 6.45) is 0. The Balaban J connectivity index is 2.24. The molecular weight excluding hydrogens is 220 g/mol. The van der Waals surface area contributed by atoms with E-state index in [1.807, 2.05) is 50.4 Å². The summed E-state index contributed by atoms with van der Waals surface area (Å²) in [6, 6.07) is 18.5. The van der Waals surface area contributed by atoms with Crippen LogP contribution in [0.15, 0.2) is 48.5 Å². The molecule has 2 aromatic rings. The zero-order valence-corrected chi connectivity index (χ0v) is 10.7. The summed E-state index contributed by atoms with van der Waals surface area (Å²) in [7, 11) is 2.01. The molecule has 0 atom stereocenters. The van der Waals surface area contributed by atoms with Crippen LogP contribution in [0.1, 0.15) is 16.7 Å². The van der Waals surface area contributed by atoms with Crippen molar-refractivity contribution in [2.45, 2.75) is 13.5 Å². The molecule has 0 saturated heterocycles. The van der Waals surface area contributed by atoms with Crippen LogP contribution >= 0.6 is 0 Å². The van der Waals surface area contributed by atoms with Gasteiger partial charge in [-0.3, -0.25) is 0 Å². The Morgan fingerprint density at radius 2 is 1.83 bits per heavy atom. The van der Waals surface area contributed by atoms with Gasteiger partial charge in [0.05, 0.1) is 11.3 Å². The highest BCUT2D eigenvalue weighted by atomic mass is 15.1. The molecule has 0 saturated carbocycles. The average molecular weight is 236 g/mol. The van der Waals surface area contributed by atoms with Gasteiger partial charge in [-0.05, 0) is 30.2 Å². The molecule has 0 aliphatic carbocycles. The summed E-state index contributed by atoms with van der Waals surface area (Å²) < 4.78 is 0. The second-order valence-electron chi connectivity index (χ2n) is 4.47. The van der Waals surface area contributed by atoms with E-state index < -0.39 is 0 Å².